The number of primary amides is 1. The fraction of sp³-hybridized carbons (Fsp3) is 0.312. The molecule has 0 bridgehead atoms. The summed E-state index contributed by atoms with van der Waals surface area (Å²) in [5.41, 5.74) is 5.45. The van der Waals surface area contributed by atoms with Crippen LogP contribution in [0.15, 0.2) is 36.9 Å². The Morgan fingerprint density at radius 1 is 1.44 bits per heavy atom. The van der Waals surface area contributed by atoms with Gasteiger partial charge in [-0.2, -0.15) is 0 Å². The summed E-state index contributed by atoms with van der Waals surface area (Å²) in [6.07, 6.45) is 5.13. The van der Waals surface area contributed by atoms with Crippen LogP contribution in [0.5, 0.6) is 0 Å². The standard InChI is InChI=1S/C16H19N5O4/c1-3-10(2)14(15(17)22)19-16(23)11-4-5-12(13(8-11)21(24)25)20-7-6-18-9-20/h4-10,14H,3H2,1-2H3,(H2,17,22)(H,19,23). The Labute approximate surface area is 144 Å². The molecule has 132 valence electrons. The van der Waals surface area contributed by atoms with E-state index in [0.717, 1.165) is 0 Å². The van der Waals surface area contributed by atoms with Crippen LogP contribution in [-0.4, -0.2) is 32.3 Å². The van der Waals surface area contributed by atoms with Crippen LogP contribution in [0.25, 0.3) is 5.69 Å². The van der Waals surface area contributed by atoms with Crippen LogP contribution in [0.2, 0.25) is 0 Å². The van der Waals surface area contributed by atoms with Crippen molar-refractivity contribution in [1.29, 1.82) is 0 Å². The van der Waals surface area contributed by atoms with Gasteiger partial charge in [0.25, 0.3) is 11.6 Å². The molecule has 9 nitrogen and oxygen atoms in total. The second-order valence-corrected chi connectivity index (χ2v) is 5.67. The van der Waals surface area contributed by atoms with Crippen LogP contribution in [0.3, 0.4) is 0 Å². The molecule has 0 fully saturated rings. The second kappa shape index (κ2) is 7.56. The zero-order chi connectivity index (χ0) is 18.6. The molecule has 0 aliphatic carbocycles. The summed E-state index contributed by atoms with van der Waals surface area (Å²) in [5.74, 6) is -1.39. The minimum atomic E-state index is -0.843. The van der Waals surface area contributed by atoms with Crippen molar-refractivity contribution in [3.05, 3.63) is 52.6 Å². The molecular weight excluding hydrogens is 326 g/mol. The Kier molecular flexibility index (Phi) is 5.48. The lowest BCUT2D eigenvalue weighted by Gasteiger charge is -2.21. The fourth-order valence-corrected chi connectivity index (χ4v) is 2.38. The summed E-state index contributed by atoms with van der Waals surface area (Å²) in [6.45, 7) is 3.66. The van der Waals surface area contributed by atoms with Crippen molar-refractivity contribution in [2.45, 2.75) is 26.3 Å². The van der Waals surface area contributed by atoms with Crippen LogP contribution in [-0.2, 0) is 4.79 Å². The van der Waals surface area contributed by atoms with Gasteiger partial charge in [0.15, 0.2) is 0 Å². The third-order valence-electron chi connectivity index (χ3n) is 4.02. The van der Waals surface area contributed by atoms with Gasteiger partial charge in [0, 0.05) is 24.0 Å². The van der Waals surface area contributed by atoms with E-state index in [9.17, 15) is 19.7 Å². The van der Waals surface area contributed by atoms with E-state index in [0.29, 0.717) is 6.42 Å². The first-order valence-electron chi connectivity index (χ1n) is 7.72. The highest BCUT2D eigenvalue weighted by molar-refractivity contribution is 5.98. The number of hydrogen-bond donors (Lipinski definition) is 2. The molecule has 2 atom stereocenters. The van der Waals surface area contributed by atoms with Gasteiger partial charge >= 0.3 is 0 Å². The van der Waals surface area contributed by atoms with E-state index in [-0.39, 0.29) is 22.9 Å². The molecule has 0 saturated carbocycles. The number of rotatable bonds is 7. The Hall–Kier alpha value is -3.23. The zero-order valence-corrected chi connectivity index (χ0v) is 13.9. The SMILES string of the molecule is CCC(C)C(NC(=O)c1ccc(-n2ccnc2)c([N+](=O)[O-])c1)C(N)=O. The molecule has 2 amide bonds. The first-order chi connectivity index (χ1) is 11.8. The first kappa shape index (κ1) is 18.1. The lowest BCUT2D eigenvalue weighted by molar-refractivity contribution is -0.384. The minimum Gasteiger partial charge on any atom is -0.368 e. The number of nitro groups is 1. The molecule has 0 saturated heterocycles. The fourth-order valence-electron chi connectivity index (χ4n) is 2.38. The largest absolute Gasteiger partial charge is 0.368 e. The Morgan fingerprint density at radius 3 is 2.68 bits per heavy atom. The van der Waals surface area contributed by atoms with Crippen LogP contribution in [0.1, 0.15) is 30.6 Å². The summed E-state index contributed by atoms with van der Waals surface area (Å²) >= 11 is 0. The summed E-state index contributed by atoms with van der Waals surface area (Å²) < 4.78 is 1.48. The number of benzene rings is 1. The van der Waals surface area contributed by atoms with Crippen molar-refractivity contribution in [3.8, 4) is 5.69 Å². The van der Waals surface area contributed by atoms with Gasteiger partial charge in [-0.3, -0.25) is 19.7 Å². The van der Waals surface area contributed by atoms with Crippen molar-refractivity contribution >= 4 is 17.5 Å². The van der Waals surface area contributed by atoms with Crippen LogP contribution < -0.4 is 11.1 Å². The molecular formula is C16H19N5O4. The van der Waals surface area contributed by atoms with Gasteiger partial charge in [0.05, 0.1) is 11.3 Å². The molecule has 1 heterocycles. The van der Waals surface area contributed by atoms with E-state index < -0.39 is 22.8 Å². The number of hydrogen-bond acceptors (Lipinski definition) is 5. The van der Waals surface area contributed by atoms with Gasteiger partial charge in [-0.15, -0.1) is 0 Å². The minimum absolute atomic E-state index is 0.0742. The number of nitrogens with zero attached hydrogens (tertiary/aromatic N) is 3. The Morgan fingerprint density at radius 2 is 2.16 bits per heavy atom. The van der Waals surface area contributed by atoms with E-state index in [1.54, 1.807) is 13.1 Å². The monoisotopic (exact) mass is 345 g/mol. The van der Waals surface area contributed by atoms with Crippen molar-refractivity contribution in [1.82, 2.24) is 14.9 Å². The van der Waals surface area contributed by atoms with E-state index in [2.05, 4.69) is 10.3 Å². The normalized spacial score (nSPS) is 13.0. The third-order valence-corrected chi connectivity index (χ3v) is 4.02. The van der Waals surface area contributed by atoms with Gasteiger partial charge in [-0.1, -0.05) is 20.3 Å². The average molecular weight is 345 g/mol. The molecule has 25 heavy (non-hydrogen) atoms. The number of nitrogens with two attached hydrogens (primary N) is 1. The van der Waals surface area contributed by atoms with E-state index in [1.165, 1.54) is 35.3 Å². The molecule has 2 aromatic rings. The highest BCUT2D eigenvalue weighted by Gasteiger charge is 2.25. The molecule has 0 aliphatic rings. The predicted molar refractivity (Wildman–Crippen MR) is 90.1 cm³/mol. The number of carbonyl (C=O) groups excluding carboxylic acids is 2. The highest BCUT2D eigenvalue weighted by Crippen LogP contribution is 2.24. The molecule has 0 aliphatic heterocycles. The quantitative estimate of drug-likeness (QED) is 0.578. The maximum Gasteiger partial charge on any atom is 0.294 e. The molecule has 2 unspecified atom stereocenters. The average Bonchev–Trinajstić information content (AvgIpc) is 3.12. The summed E-state index contributed by atoms with van der Waals surface area (Å²) in [6, 6.07) is 3.23. The van der Waals surface area contributed by atoms with Crippen molar-refractivity contribution in [2.75, 3.05) is 0 Å². The smallest absolute Gasteiger partial charge is 0.294 e. The topological polar surface area (TPSA) is 133 Å². The summed E-state index contributed by atoms with van der Waals surface area (Å²) in [7, 11) is 0. The molecule has 1 aromatic carbocycles. The van der Waals surface area contributed by atoms with E-state index in [4.69, 9.17) is 5.73 Å². The number of aromatic nitrogens is 2. The van der Waals surface area contributed by atoms with E-state index in [1.807, 2.05) is 6.92 Å². The maximum atomic E-state index is 12.4. The lowest BCUT2D eigenvalue weighted by Crippen LogP contribution is -2.48. The molecule has 9 heteroatoms. The lowest BCUT2D eigenvalue weighted by atomic mass is 9.98. The Bertz CT molecular complexity index is 788. The number of nitro benzene ring substituents is 1. The van der Waals surface area contributed by atoms with Crippen LogP contribution in [0.4, 0.5) is 5.69 Å². The second-order valence-electron chi connectivity index (χ2n) is 5.67. The molecule has 2 rings (SSSR count). The molecule has 0 radical (unpaired) electrons. The number of carbonyl (C=O) groups is 2. The summed E-state index contributed by atoms with van der Waals surface area (Å²) in [4.78, 5) is 38.6. The maximum absolute atomic E-state index is 12.4. The number of nitrogens with one attached hydrogen (secondary N) is 1. The molecule has 0 spiro atoms. The van der Waals surface area contributed by atoms with Gasteiger partial charge in [-0.25, -0.2) is 4.98 Å². The third kappa shape index (κ3) is 4.00. The first-order valence-corrected chi connectivity index (χ1v) is 7.72. The summed E-state index contributed by atoms with van der Waals surface area (Å²) in [5, 5.41) is 13.9. The van der Waals surface area contributed by atoms with Crippen LogP contribution >= 0.6 is 0 Å². The highest BCUT2D eigenvalue weighted by atomic mass is 16.6. The van der Waals surface area contributed by atoms with Crippen molar-refractivity contribution < 1.29 is 14.5 Å². The molecule has 1 aromatic heterocycles. The van der Waals surface area contributed by atoms with Crippen LogP contribution in [0, 0.1) is 16.0 Å². The van der Waals surface area contributed by atoms with Crippen molar-refractivity contribution in [3.63, 3.8) is 0 Å². The van der Waals surface area contributed by atoms with E-state index >= 15 is 0 Å². The zero-order valence-electron chi connectivity index (χ0n) is 13.9. The predicted octanol–water partition coefficient (Wildman–Crippen LogP) is 1.41. The van der Waals surface area contributed by atoms with Gasteiger partial charge in [-0.05, 0) is 18.1 Å². The number of amides is 2. The van der Waals surface area contributed by atoms with Gasteiger partial charge < -0.3 is 15.6 Å². The van der Waals surface area contributed by atoms with Gasteiger partial charge in [0.1, 0.15) is 11.7 Å². The van der Waals surface area contributed by atoms with Crippen molar-refractivity contribution in [2.24, 2.45) is 11.7 Å². The molecule has 3 N–H and O–H groups in total. The van der Waals surface area contributed by atoms with Gasteiger partial charge in [0.2, 0.25) is 5.91 Å². The number of imidazole rings is 1. The Balaban J connectivity index is 2.33.